The van der Waals surface area contributed by atoms with E-state index in [4.69, 9.17) is 4.74 Å². The summed E-state index contributed by atoms with van der Waals surface area (Å²) in [5.41, 5.74) is 1.58. The Morgan fingerprint density at radius 1 is 1.19 bits per heavy atom. The zero-order chi connectivity index (χ0) is 19.1. The Morgan fingerprint density at radius 2 is 1.88 bits per heavy atom. The summed E-state index contributed by atoms with van der Waals surface area (Å²) in [6.07, 6.45) is 0.826. The first-order valence-electron chi connectivity index (χ1n) is 8.59. The van der Waals surface area contributed by atoms with Crippen LogP contribution in [0.4, 0.5) is 5.69 Å². The van der Waals surface area contributed by atoms with Crippen LogP contribution < -0.4 is 10.1 Å². The Kier molecular flexibility index (Phi) is 6.72. The highest BCUT2D eigenvalue weighted by molar-refractivity contribution is 5.78. The Bertz CT molecular complexity index is 760. The van der Waals surface area contributed by atoms with Gasteiger partial charge in [0.05, 0.1) is 11.0 Å². The monoisotopic (exact) mass is 356 g/mol. The molecule has 138 valence electrons. The lowest BCUT2D eigenvalue weighted by atomic mass is 9.97. The third-order valence-corrected chi connectivity index (χ3v) is 3.98. The maximum atomic E-state index is 12.3. The highest BCUT2D eigenvalue weighted by Crippen LogP contribution is 2.23. The van der Waals surface area contributed by atoms with Crippen LogP contribution in [0.3, 0.4) is 0 Å². The number of carbonyl (C=O) groups excluding carboxylic acids is 1. The predicted octanol–water partition coefficient (Wildman–Crippen LogP) is 4.19. The highest BCUT2D eigenvalue weighted by atomic mass is 16.6. The molecule has 0 bridgehead atoms. The molecule has 0 heterocycles. The number of nitro groups is 1. The average molecular weight is 356 g/mol. The van der Waals surface area contributed by atoms with Gasteiger partial charge in [-0.25, -0.2) is 0 Å². The van der Waals surface area contributed by atoms with Gasteiger partial charge >= 0.3 is 0 Å². The number of hydrogen-bond donors (Lipinski definition) is 1. The van der Waals surface area contributed by atoms with Crippen molar-refractivity contribution in [3.05, 3.63) is 69.8 Å². The summed E-state index contributed by atoms with van der Waals surface area (Å²) < 4.78 is 5.49. The first-order chi connectivity index (χ1) is 12.4. The number of hydrogen-bond acceptors (Lipinski definition) is 4. The molecule has 0 aliphatic heterocycles. The lowest BCUT2D eigenvalue weighted by Gasteiger charge is -2.21. The van der Waals surface area contributed by atoms with Gasteiger partial charge in [0, 0.05) is 11.6 Å². The van der Waals surface area contributed by atoms with Crippen molar-refractivity contribution >= 4 is 11.6 Å². The Hall–Kier alpha value is -2.89. The molecule has 2 aromatic rings. The minimum Gasteiger partial charge on any atom is -0.484 e. The van der Waals surface area contributed by atoms with Gasteiger partial charge in [0.2, 0.25) is 0 Å². The van der Waals surface area contributed by atoms with Crippen molar-refractivity contribution in [3.63, 3.8) is 0 Å². The zero-order valence-electron chi connectivity index (χ0n) is 15.3. The van der Waals surface area contributed by atoms with Crippen LogP contribution in [0, 0.1) is 23.0 Å². The first-order valence-corrected chi connectivity index (χ1v) is 8.59. The molecule has 0 fully saturated rings. The fourth-order valence-corrected chi connectivity index (χ4v) is 2.74. The highest BCUT2D eigenvalue weighted by Gasteiger charge is 2.17. The van der Waals surface area contributed by atoms with Crippen LogP contribution in [0.25, 0.3) is 0 Å². The summed E-state index contributed by atoms with van der Waals surface area (Å²) in [5.74, 6) is 0.637. The van der Waals surface area contributed by atoms with E-state index in [-0.39, 0.29) is 24.2 Å². The first kappa shape index (κ1) is 19.4. The van der Waals surface area contributed by atoms with Crippen molar-refractivity contribution in [3.8, 4) is 5.75 Å². The minimum atomic E-state index is -0.442. The Labute approximate surface area is 153 Å². The molecule has 0 aliphatic rings. The van der Waals surface area contributed by atoms with E-state index in [0.29, 0.717) is 17.2 Å². The molecule has 0 aliphatic carbocycles. The quantitative estimate of drug-likeness (QED) is 0.568. The molecule has 0 spiro atoms. The van der Waals surface area contributed by atoms with E-state index >= 15 is 0 Å². The molecular formula is C20H24N2O4. The number of aryl methyl sites for hydroxylation is 1. The van der Waals surface area contributed by atoms with Gasteiger partial charge in [-0.1, -0.05) is 44.2 Å². The van der Waals surface area contributed by atoms with Gasteiger partial charge in [0.1, 0.15) is 5.75 Å². The van der Waals surface area contributed by atoms with Crippen molar-refractivity contribution in [1.82, 2.24) is 5.32 Å². The second-order valence-corrected chi connectivity index (χ2v) is 6.65. The number of nitrogens with zero attached hydrogens (tertiary/aromatic N) is 1. The number of rotatable bonds is 8. The molecule has 2 aromatic carbocycles. The van der Waals surface area contributed by atoms with Gasteiger partial charge in [0.15, 0.2) is 6.61 Å². The second kappa shape index (κ2) is 8.99. The van der Waals surface area contributed by atoms with Crippen molar-refractivity contribution in [2.45, 2.75) is 33.2 Å². The third kappa shape index (κ3) is 5.58. The smallest absolute Gasteiger partial charge is 0.272 e. The minimum absolute atomic E-state index is 0.0304. The van der Waals surface area contributed by atoms with Gasteiger partial charge < -0.3 is 10.1 Å². The van der Waals surface area contributed by atoms with Gasteiger partial charge in [-0.3, -0.25) is 14.9 Å². The lowest BCUT2D eigenvalue weighted by molar-refractivity contribution is -0.385. The molecule has 1 N–H and O–H groups in total. The van der Waals surface area contributed by atoms with E-state index in [1.165, 1.54) is 12.1 Å². The molecule has 26 heavy (non-hydrogen) atoms. The normalized spacial score (nSPS) is 11.8. The fourth-order valence-electron chi connectivity index (χ4n) is 2.74. The van der Waals surface area contributed by atoms with Crippen LogP contribution in [0.5, 0.6) is 5.75 Å². The van der Waals surface area contributed by atoms with Gasteiger partial charge in [-0.15, -0.1) is 0 Å². The number of carbonyl (C=O) groups is 1. The van der Waals surface area contributed by atoms with Crippen LogP contribution in [0.2, 0.25) is 0 Å². The summed E-state index contributed by atoms with van der Waals surface area (Å²) >= 11 is 0. The molecular weight excluding hydrogens is 332 g/mol. The molecule has 6 nitrogen and oxygen atoms in total. The number of nitrogens with one attached hydrogen (secondary N) is 1. The number of amides is 1. The summed E-state index contributed by atoms with van der Waals surface area (Å²) in [5, 5.41) is 13.9. The van der Waals surface area contributed by atoms with Crippen LogP contribution in [-0.4, -0.2) is 17.4 Å². The zero-order valence-corrected chi connectivity index (χ0v) is 15.3. The molecule has 6 heteroatoms. The number of nitro benzene ring substituents is 1. The molecule has 1 atom stereocenters. The topological polar surface area (TPSA) is 81.5 Å². The van der Waals surface area contributed by atoms with E-state index in [1.807, 2.05) is 30.3 Å². The van der Waals surface area contributed by atoms with Gasteiger partial charge in [-0.2, -0.15) is 0 Å². The molecule has 0 radical (unpaired) electrons. The fraction of sp³-hybridized carbons (Fsp3) is 0.350. The van der Waals surface area contributed by atoms with E-state index < -0.39 is 4.92 Å². The molecule has 0 saturated carbocycles. The third-order valence-electron chi connectivity index (χ3n) is 3.98. The lowest BCUT2D eigenvalue weighted by Crippen LogP contribution is -2.33. The maximum Gasteiger partial charge on any atom is 0.272 e. The van der Waals surface area contributed by atoms with Crippen LogP contribution in [-0.2, 0) is 4.79 Å². The summed E-state index contributed by atoms with van der Waals surface area (Å²) in [6.45, 7) is 5.72. The van der Waals surface area contributed by atoms with Gasteiger partial charge in [0.25, 0.3) is 11.6 Å². The van der Waals surface area contributed by atoms with E-state index in [1.54, 1.807) is 13.0 Å². The van der Waals surface area contributed by atoms with Crippen LogP contribution in [0.1, 0.15) is 37.4 Å². The van der Waals surface area contributed by atoms with Crippen LogP contribution >= 0.6 is 0 Å². The Balaban J connectivity index is 1.98. The van der Waals surface area contributed by atoms with Crippen molar-refractivity contribution in [1.29, 1.82) is 0 Å². The van der Waals surface area contributed by atoms with E-state index in [0.717, 1.165) is 12.0 Å². The van der Waals surface area contributed by atoms with E-state index in [9.17, 15) is 14.9 Å². The average Bonchev–Trinajstić information content (AvgIpc) is 2.59. The molecule has 0 saturated heterocycles. The maximum absolute atomic E-state index is 12.3. The standard InChI is InChI=1S/C20H24N2O4/c1-14(2)11-18(16-7-5-4-6-8-16)21-20(23)13-26-17-9-10-19(22(24)25)15(3)12-17/h4-10,12,14,18H,11,13H2,1-3H3,(H,21,23)/t18-/m1/s1. The second-order valence-electron chi connectivity index (χ2n) is 6.65. The molecule has 1 amide bonds. The number of benzene rings is 2. The molecule has 0 aromatic heterocycles. The van der Waals surface area contributed by atoms with Gasteiger partial charge in [-0.05, 0) is 37.0 Å². The Morgan fingerprint density at radius 3 is 2.46 bits per heavy atom. The SMILES string of the molecule is Cc1cc(OCC(=O)N[C@H](CC(C)C)c2ccccc2)ccc1[N+](=O)[O-]. The largest absolute Gasteiger partial charge is 0.484 e. The predicted molar refractivity (Wildman–Crippen MR) is 100 cm³/mol. The van der Waals surface area contributed by atoms with E-state index in [2.05, 4.69) is 19.2 Å². The van der Waals surface area contributed by atoms with Crippen LogP contribution in [0.15, 0.2) is 48.5 Å². The van der Waals surface area contributed by atoms with Crippen molar-refractivity contribution in [2.75, 3.05) is 6.61 Å². The number of ether oxygens (including phenoxy) is 1. The molecule has 0 unspecified atom stereocenters. The summed E-state index contributed by atoms with van der Waals surface area (Å²) in [7, 11) is 0. The van der Waals surface area contributed by atoms with Crippen molar-refractivity contribution < 1.29 is 14.5 Å². The summed E-state index contributed by atoms with van der Waals surface area (Å²) in [6, 6.07) is 14.2. The van der Waals surface area contributed by atoms with Crippen molar-refractivity contribution in [2.24, 2.45) is 5.92 Å². The summed E-state index contributed by atoms with van der Waals surface area (Å²) in [4.78, 5) is 22.7. The molecule has 2 rings (SSSR count).